The third-order valence-corrected chi connectivity index (χ3v) is 8.42. The summed E-state index contributed by atoms with van der Waals surface area (Å²) in [5, 5.41) is 11.7. The number of Topliss-reactive ketones (excluding diaryl/α,β-unsaturated/α-hetero) is 1. The van der Waals surface area contributed by atoms with Crippen molar-refractivity contribution in [1.82, 2.24) is 4.98 Å². The number of nitrogens with zero attached hydrogens (tertiary/aromatic N) is 2. The molecule has 3 aromatic rings. The highest BCUT2D eigenvalue weighted by molar-refractivity contribution is 7.17. The fourth-order valence-electron chi connectivity index (χ4n) is 5.23. The molecule has 1 amide bonds. The monoisotopic (exact) mass is 590 g/mol. The molecule has 1 fully saturated rings. The maximum atomic E-state index is 13.6. The molecule has 1 N–H and O–H groups in total. The molecule has 2 aliphatic heterocycles. The summed E-state index contributed by atoms with van der Waals surface area (Å²) in [6.07, 6.45) is 3.78. The van der Waals surface area contributed by atoms with Crippen molar-refractivity contribution in [3.8, 4) is 11.5 Å². The van der Waals surface area contributed by atoms with Crippen molar-refractivity contribution < 1.29 is 33.7 Å². The van der Waals surface area contributed by atoms with Crippen molar-refractivity contribution in [2.75, 3.05) is 18.1 Å². The molecule has 0 radical (unpaired) electrons. The third-order valence-electron chi connectivity index (χ3n) is 7.28. The zero-order valence-corrected chi connectivity index (χ0v) is 25.0. The van der Waals surface area contributed by atoms with Gasteiger partial charge in [-0.25, -0.2) is 9.78 Å². The van der Waals surface area contributed by atoms with Gasteiger partial charge in [0.05, 0.1) is 30.5 Å². The van der Waals surface area contributed by atoms with Crippen LogP contribution in [-0.4, -0.2) is 47.1 Å². The molecule has 220 valence electrons. The molecule has 5 rings (SSSR count). The number of aromatic nitrogens is 1. The van der Waals surface area contributed by atoms with Gasteiger partial charge < -0.3 is 19.3 Å². The van der Waals surface area contributed by atoms with Crippen LogP contribution in [0.1, 0.15) is 78.1 Å². The highest BCUT2D eigenvalue weighted by atomic mass is 32.1. The molecule has 0 saturated carbocycles. The van der Waals surface area contributed by atoms with E-state index in [-0.39, 0.29) is 34.1 Å². The van der Waals surface area contributed by atoms with E-state index in [0.29, 0.717) is 35.6 Å². The second-order valence-corrected chi connectivity index (χ2v) is 11.4. The Morgan fingerprint density at radius 3 is 2.62 bits per heavy atom. The van der Waals surface area contributed by atoms with Crippen LogP contribution in [0.5, 0.6) is 11.5 Å². The van der Waals surface area contributed by atoms with E-state index in [9.17, 15) is 19.5 Å². The predicted molar refractivity (Wildman–Crippen MR) is 159 cm³/mol. The van der Waals surface area contributed by atoms with E-state index in [1.807, 2.05) is 6.92 Å². The minimum atomic E-state index is -0.983. The Morgan fingerprint density at radius 2 is 1.90 bits per heavy atom. The lowest BCUT2D eigenvalue weighted by Crippen LogP contribution is -2.29. The fraction of sp³-hybridized carbons (Fsp3) is 0.375. The molecule has 2 atom stereocenters. The van der Waals surface area contributed by atoms with Crippen molar-refractivity contribution in [1.29, 1.82) is 0 Å². The van der Waals surface area contributed by atoms with Crippen LogP contribution in [0.15, 0.2) is 48.0 Å². The van der Waals surface area contributed by atoms with Gasteiger partial charge in [-0.3, -0.25) is 14.5 Å². The minimum absolute atomic E-state index is 0.00687. The number of carbonyl (C=O) groups excluding carboxylic acids is 3. The van der Waals surface area contributed by atoms with E-state index in [2.05, 4.69) is 11.9 Å². The molecule has 3 heterocycles. The lowest BCUT2D eigenvalue weighted by molar-refractivity contribution is -0.132. The zero-order valence-electron chi connectivity index (χ0n) is 24.1. The molecule has 0 bridgehead atoms. The number of rotatable bonds is 10. The zero-order chi connectivity index (χ0) is 30.0. The summed E-state index contributed by atoms with van der Waals surface area (Å²) >= 11 is 0.976. The number of ether oxygens (including phenoxy) is 3. The first-order chi connectivity index (χ1) is 20.2. The molecule has 0 spiro atoms. The summed E-state index contributed by atoms with van der Waals surface area (Å²) in [7, 11) is 0. The molecule has 9 nitrogen and oxygen atoms in total. The average molecular weight is 591 g/mol. The van der Waals surface area contributed by atoms with Gasteiger partial charge in [-0.05, 0) is 68.7 Å². The van der Waals surface area contributed by atoms with Crippen molar-refractivity contribution >= 4 is 39.9 Å². The van der Waals surface area contributed by atoms with Crippen molar-refractivity contribution in [3.05, 3.63) is 75.3 Å². The number of amides is 1. The number of esters is 1. The predicted octanol–water partition coefficient (Wildman–Crippen LogP) is 6.15. The Bertz CT molecular complexity index is 1540. The Balaban J connectivity index is 1.58. The average Bonchev–Trinajstić information content (AvgIpc) is 3.63. The molecular weight excluding hydrogens is 556 g/mol. The van der Waals surface area contributed by atoms with Crippen molar-refractivity contribution in [2.45, 2.75) is 65.5 Å². The number of aryl methyl sites for hydroxylation is 1. The highest BCUT2D eigenvalue weighted by Gasteiger charge is 2.48. The van der Waals surface area contributed by atoms with Gasteiger partial charge in [-0.2, -0.15) is 0 Å². The number of benzene rings is 2. The van der Waals surface area contributed by atoms with Gasteiger partial charge in [-0.1, -0.05) is 43.2 Å². The first-order valence-corrected chi connectivity index (χ1v) is 15.0. The van der Waals surface area contributed by atoms with E-state index in [1.165, 1.54) is 4.90 Å². The second kappa shape index (κ2) is 12.4. The van der Waals surface area contributed by atoms with E-state index >= 15 is 0 Å². The topological polar surface area (TPSA) is 115 Å². The number of aliphatic hydroxyl groups excluding tert-OH is 1. The van der Waals surface area contributed by atoms with Crippen LogP contribution < -0.4 is 14.4 Å². The lowest BCUT2D eigenvalue weighted by atomic mass is 9.94. The van der Waals surface area contributed by atoms with Crippen LogP contribution >= 0.6 is 11.3 Å². The number of thiazole rings is 1. The third kappa shape index (κ3) is 5.63. The SMILES string of the molecule is CCCCCOc1ccc(C2C(=C(O)c3ccc4c(c3)CC(C)O4)C(=O)C(=O)N2c2nc(C)c(C(=O)OCC)s2)cc1. The number of fused-ring (bicyclic) bond motifs is 1. The highest BCUT2D eigenvalue weighted by Crippen LogP contribution is 2.44. The second-order valence-electron chi connectivity index (χ2n) is 10.4. The quantitative estimate of drug-likeness (QED) is 0.0984. The number of carbonyl (C=O) groups is 3. The van der Waals surface area contributed by atoms with Gasteiger partial charge in [-0.15, -0.1) is 0 Å². The summed E-state index contributed by atoms with van der Waals surface area (Å²) in [6, 6.07) is 11.4. The molecule has 1 saturated heterocycles. The summed E-state index contributed by atoms with van der Waals surface area (Å²) in [5.74, 6) is -1.13. The van der Waals surface area contributed by atoms with Gasteiger partial charge in [0, 0.05) is 12.0 Å². The van der Waals surface area contributed by atoms with Gasteiger partial charge >= 0.3 is 11.9 Å². The van der Waals surface area contributed by atoms with Gasteiger partial charge in [0.2, 0.25) is 0 Å². The molecule has 0 aliphatic carbocycles. The largest absolute Gasteiger partial charge is 0.507 e. The summed E-state index contributed by atoms with van der Waals surface area (Å²) < 4.78 is 16.8. The molecule has 2 aliphatic rings. The molecular formula is C32H34N2O7S. The van der Waals surface area contributed by atoms with Crippen molar-refractivity contribution in [3.63, 3.8) is 0 Å². The molecule has 2 unspecified atom stereocenters. The standard InChI is InChI=1S/C32H34N2O7S/c1-5-7-8-15-40-23-12-9-20(10-13-23)26-25(27(35)21-11-14-24-22(17-21)16-18(3)41-24)28(36)30(37)34(26)32-33-19(4)29(42-32)31(38)39-6-2/h9-14,17-18,26,35H,5-8,15-16H2,1-4H3. The molecule has 10 heteroatoms. The minimum Gasteiger partial charge on any atom is -0.507 e. The van der Waals surface area contributed by atoms with Crippen LogP contribution in [0.3, 0.4) is 0 Å². The van der Waals surface area contributed by atoms with Gasteiger partial charge in [0.1, 0.15) is 28.2 Å². The number of hydrogen-bond acceptors (Lipinski definition) is 9. The number of aliphatic hydroxyl groups is 1. The lowest BCUT2D eigenvalue weighted by Gasteiger charge is -2.23. The van der Waals surface area contributed by atoms with Crippen LogP contribution in [0.4, 0.5) is 5.13 Å². The Hall–Kier alpha value is -4.18. The Labute approximate surface area is 248 Å². The Morgan fingerprint density at radius 1 is 1.14 bits per heavy atom. The normalized spacial score (nSPS) is 19.1. The van der Waals surface area contributed by atoms with Gasteiger partial charge in [0.15, 0.2) is 5.13 Å². The van der Waals surface area contributed by atoms with Crippen LogP contribution in [0.2, 0.25) is 0 Å². The van der Waals surface area contributed by atoms with Crippen LogP contribution in [-0.2, 0) is 20.7 Å². The molecule has 42 heavy (non-hydrogen) atoms. The summed E-state index contributed by atoms with van der Waals surface area (Å²) in [6.45, 7) is 8.21. The van der Waals surface area contributed by atoms with Crippen LogP contribution in [0.25, 0.3) is 5.76 Å². The summed E-state index contributed by atoms with van der Waals surface area (Å²) in [4.78, 5) is 45.7. The maximum Gasteiger partial charge on any atom is 0.350 e. The van der Waals surface area contributed by atoms with E-state index in [4.69, 9.17) is 14.2 Å². The van der Waals surface area contributed by atoms with E-state index in [0.717, 1.165) is 41.9 Å². The van der Waals surface area contributed by atoms with E-state index < -0.39 is 23.7 Å². The van der Waals surface area contributed by atoms with Crippen LogP contribution in [0, 0.1) is 6.92 Å². The first-order valence-electron chi connectivity index (χ1n) is 14.2. The molecule has 2 aromatic carbocycles. The summed E-state index contributed by atoms with van der Waals surface area (Å²) in [5.41, 5.74) is 2.23. The van der Waals surface area contributed by atoms with E-state index in [1.54, 1.807) is 56.3 Å². The molecule has 1 aromatic heterocycles. The van der Waals surface area contributed by atoms with Crippen molar-refractivity contribution in [2.24, 2.45) is 0 Å². The number of ketones is 1. The Kier molecular flexibility index (Phi) is 8.63. The maximum absolute atomic E-state index is 13.6. The van der Waals surface area contributed by atoms with Gasteiger partial charge in [0.25, 0.3) is 5.78 Å². The first kappa shape index (κ1) is 29.3. The smallest absolute Gasteiger partial charge is 0.350 e. The number of unbranched alkanes of at least 4 members (excludes halogenated alkanes) is 2. The fourth-order valence-corrected chi connectivity index (χ4v) is 6.22. The number of anilines is 1. The number of hydrogen-bond donors (Lipinski definition) is 1.